The number of aliphatic hydroxyl groups is 1. The minimum atomic E-state index is -0.954. The molecular weight excluding hydrogens is 713 g/mol. The molecule has 9 nitrogen and oxygen atoms in total. The van der Waals surface area contributed by atoms with Gasteiger partial charge in [0, 0.05) is 34.9 Å². The predicted octanol–water partition coefficient (Wildman–Crippen LogP) is 10.00. The molecule has 0 aliphatic carbocycles. The molecule has 1 aliphatic heterocycles. The monoisotopic (exact) mass is 752 g/mol. The molecule has 3 atom stereocenters. The van der Waals surface area contributed by atoms with Crippen molar-refractivity contribution in [2.75, 3.05) is 11.1 Å². The molecule has 1 heterocycles. The van der Waals surface area contributed by atoms with Gasteiger partial charge in [0.2, 0.25) is 0 Å². The second kappa shape index (κ2) is 17.9. The Morgan fingerprint density at radius 2 is 1.40 bits per heavy atom. The van der Waals surface area contributed by atoms with Crippen molar-refractivity contribution in [3.05, 3.63) is 179 Å². The number of nitrogens with one attached hydrogen (secondary N) is 2. The lowest BCUT2D eigenvalue weighted by atomic mass is 9.98. The summed E-state index contributed by atoms with van der Waals surface area (Å²) < 4.78 is 18.9. The summed E-state index contributed by atoms with van der Waals surface area (Å²) in [5.74, 6) is 1.11. The highest BCUT2D eigenvalue weighted by molar-refractivity contribution is 7.99. The Morgan fingerprint density at radius 3 is 2.11 bits per heavy atom. The maximum Gasteiger partial charge on any atom is 0.335 e. The van der Waals surface area contributed by atoms with Crippen molar-refractivity contribution in [3.63, 3.8) is 0 Å². The highest BCUT2D eigenvalue weighted by Crippen LogP contribution is 2.40. The Kier molecular flexibility index (Phi) is 12.2. The Labute approximate surface area is 323 Å². The van der Waals surface area contributed by atoms with Crippen molar-refractivity contribution < 1.29 is 34.0 Å². The zero-order valence-electron chi connectivity index (χ0n) is 29.8. The summed E-state index contributed by atoms with van der Waals surface area (Å²) in [7, 11) is 0. The van der Waals surface area contributed by atoms with Gasteiger partial charge in [0.15, 0.2) is 6.29 Å². The van der Waals surface area contributed by atoms with Crippen molar-refractivity contribution in [2.24, 2.45) is 0 Å². The Bertz CT molecular complexity index is 2180. The molecule has 6 aromatic rings. The number of carboxylic acids is 1. The topological polar surface area (TPSA) is 126 Å². The highest BCUT2D eigenvalue weighted by Gasteiger charge is 2.32. The summed E-state index contributed by atoms with van der Waals surface area (Å²) >= 11 is 1.61. The average molecular weight is 753 g/mol. The number of rotatable bonds is 13. The first-order valence-electron chi connectivity index (χ1n) is 17.9. The van der Waals surface area contributed by atoms with Crippen molar-refractivity contribution >= 4 is 29.4 Å². The fraction of sp³-hybridized carbons (Fsp3) is 0.156. The van der Waals surface area contributed by atoms with Gasteiger partial charge in [0.05, 0.1) is 24.4 Å². The van der Waals surface area contributed by atoms with E-state index in [1.165, 1.54) is 0 Å². The number of carbonyl (C=O) groups is 2. The third-order valence-corrected chi connectivity index (χ3v) is 10.3. The van der Waals surface area contributed by atoms with Gasteiger partial charge in [-0.1, -0.05) is 91.0 Å². The molecule has 0 spiro atoms. The van der Waals surface area contributed by atoms with E-state index in [-0.39, 0.29) is 30.4 Å². The van der Waals surface area contributed by atoms with E-state index in [4.69, 9.17) is 14.2 Å². The van der Waals surface area contributed by atoms with Gasteiger partial charge in [-0.3, -0.25) is 0 Å². The summed E-state index contributed by atoms with van der Waals surface area (Å²) in [6.07, 6.45) is -0.368. The van der Waals surface area contributed by atoms with Crippen LogP contribution in [0.25, 0.3) is 11.1 Å². The number of para-hydroxylation sites is 1. The van der Waals surface area contributed by atoms with Gasteiger partial charge in [-0.05, 0) is 88.5 Å². The number of hydrogen-bond donors (Lipinski definition) is 4. The molecule has 6 aromatic carbocycles. The van der Waals surface area contributed by atoms with E-state index in [1.54, 1.807) is 36.0 Å². The van der Waals surface area contributed by atoms with Crippen molar-refractivity contribution in [1.29, 1.82) is 0 Å². The third kappa shape index (κ3) is 10.00. The molecule has 1 saturated heterocycles. The van der Waals surface area contributed by atoms with Crippen LogP contribution in [0.1, 0.15) is 51.4 Å². The molecule has 2 amide bonds. The van der Waals surface area contributed by atoms with Crippen LogP contribution in [-0.2, 0) is 22.6 Å². The molecule has 278 valence electrons. The van der Waals surface area contributed by atoms with Crippen LogP contribution in [0, 0.1) is 0 Å². The summed E-state index contributed by atoms with van der Waals surface area (Å²) in [6, 6.07) is 47.1. The molecule has 0 radical (unpaired) electrons. The quantitative estimate of drug-likeness (QED) is 0.0860. The number of ether oxygens (including phenoxy) is 3. The van der Waals surface area contributed by atoms with Crippen LogP contribution < -0.4 is 15.4 Å². The standard InChI is InChI=1S/C45H40N2O7S/c48-28-30-10-12-32(13-11-30)42-26-39(29-55-40-24-18-33(19-25-40)43(49)50)53-44(54-42)34-16-14-31(15-17-34)41-9-5-4-6-35(41)27-46-45(51)47-36-20-22-38(23-21-36)52-37-7-2-1-3-8-37/h1-25,39,42,44,48H,26-29H2,(H,49,50)(H2,46,47,51). The van der Waals surface area contributed by atoms with Crippen LogP contribution in [0.15, 0.2) is 157 Å². The fourth-order valence-corrected chi connectivity index (χ4v) is 7.18. The third-order valence-electron chi connectivity index (χ3n) is 9.19. The molecule has 10 heteroatoms. The molecule has 0 aromatic heterocycles. The number of amides is 2. The largest absolute Gasteiger partial charge is 0.478 e. The lowest BCUT2D eigenvalue weighted by Gasteiger charge is -2.36. The first-order chi connectivity index (χ1) is 26.9. The van der Waals surface area contributed by atoms with E-state index < -0.39 is 12.3 Å². The predicted molar refractivity (Wildman–Crippen MR) is 213 cm³/mol. The van der Waals surface area contributed by atoms with Crippen molar-refractivity contribution in [2.45, 2.75) is 43.0 Å². The van der Waals surface area contributed by atoms with Crippen molar-refractivity contribution in [3.8, 4) is 22.6 Å². The maximum absolute atomic E-state index is 12.9. The number of aromatic carboxylic acids is 1. The Balaban J connectivity index is 1.00. The smallest absolute Gasteiger partial charge is 0.335 e. The number of thioether (sulfide) groups is 1. The molecule has 3 unspecified atom stereocenters. The maximum atomic E-state index is 12.9. The first kappa shape index (κ1) is 37.4. The fourth-order valence-electron chi connectivity index (χ4n) is 6.26. The summed E-state index contributed by atoms with van der Waals surface area (Å²) in [5.41, 5.74) is 6.54. The van der Waals surface area contributed by atoms with E-state index in [1.807, 2.05) is 127 Å². The van der Waals surface area contributed by atoms with E-state index in [0.29, 0.717) is 30.2 Å². The first-order valence-corrected chi connectivity index (χ1v) is 18.9. The lowest BCUT2D eigenvalue weighted by Crippen LogP contribution is -2.31. The van der Waals surface area contributed by atoms with E-state index in [0.717, 1.165) is 44.0 Å². The minimum absolute atomic E-state index is 0.0311. The number of aliphatic hydroxyl groups excluding tert-OH is 1. The van der Waals surface area contributed by atoms with E-state index >= 15 is 0 Å². The van der Waals surface area contributed by atoms with Crippen LogP contribution in [0.5, 0.6) is 11.5 Å². The normalized spacial score (nSPS) is 16.6. The minimum Gasteiger partial charge on any atom is -0.478 e. The van der Waals surface area contributed by atoms with Crippen LogP contribution >= 0.6 is 11.8 Å². The molecule has 1 fully saturated rings. The number of urea groups is 1. The second-order valence-electron chi connectivity index (χ2n) is 13.0. The number of anilines is 1. The van der Waals surface area contributed by atoms with Gasteiger partial charge in [0.25, 0.3) is 0 Å². The Hall–Kier alpha value is -5.91. The number of carbonyl (C=O) groups excluding carboxylic acids is 1. The molecule has 0 saturated carbocycles. The highest BCUT2D eigenvalue weighted by atomic mass is 32.2. The van der Waals surface area contributed by atoms with Crippen LogP contribution in [0.3, 0.4) is 0 Å². The molecular formula is C45H40N2O7S. The zero-order valence-corrected chi connectivity index (χ0v) is 30.7. The van der Waals surface area contributed by atoms with Crippen LogP contribution in [0.4, 0.5) is 10.5 Å². The molecule has 55 heavy (non-hydrogen) atoms. The number of carboxylic acid groups (broad SMARTS) is 1. The van der Waals surface area contributed by atoms with Crippen molar-refractivity contribution in [1.82, 2.24) is 5.32 Å². The van der Waals surface area contributed by atoms with E-state index in [9.17, 15) is 19.8 Å². The van der Waals surface area contributed by atoms with Crippen LogP contribution in [-0.4, -0.2) is 34.1 Å². The van der Waals surface area contributed by atoms with Gasteiger partial charge >= 0.3 is 12.0 Å². The average Bonchev–Trinajstić information content (AvgIpc) is 3.23. The molecule has 4 N–H and O–H groups in total. The molecule has 1 aliphatic rings. The lowest BCUT2D eigenvalue weighted by molar-refractivity contribution is -0.245. The van der Waals surface area contributed by atoms with Gasteiger partial charge in [0.1, 0.15) is 11.5 Å². The van der Waals surface area contributed by atoms with Gasteiger partial charge in [-0.2, -0.15) is 0 Å². The Morgan fingerprint density at radius 1 is 0.727 bits per heavy atom. The summed E-state index contributed by atoms with van der Waals surface area (Å²) in [5, 5.41) is 24.7. The van der Waals surface area contributed by atoms with Gasteiger partial charge in [-0.25, -0.2) is 9.59 Å². The molecule has 0 bridgehead atoms. The second-order valence-corrected chi connectivity index (χ2v) is 14.1. The van der Waals surface area contributed by atoms with E-state index in [2.05, 4.69) is 10.6 Å². The number of hydrogen-bond acceptors (Lipinski definition) is 7. The summed E-state index contributed by atoms with van der Waals surface area (Å²) in [4.78, 5) is 25.1. The van der Waals surface area contributed by atoms with Gasteiger partial charge < -0.3 is 35.1 Å². The SMILES string of the molecule is O=C(NCc1ccccc1-c1ccc(C2OC(CSc3ccc(C(=O)O)cc3)CC(c3ccc(CO)cc3)O2)cc1)Nc1ccc(Oc2ccccc2)cc1. The summed E-state index contributed by atoms with van der Waals surface area (Å²) in [6.45, 7) is 0.291. The number of benzene rings is 6. The molecule has 7 rings (SSSR count). The zero-order chi connectivity index (χ0) is 38.0. The van der Waals surface area contributed by atoms with Crippen LogP contribution in [0.2, 0.25) is 0 Å². The van der Waals surface area contributed by atoms with Gasteiger partial charge in [-0.15, -0.1) is 11.8 Å².